The minimum atomic E-state index is 0.245. The Labute approximate surface area is 123 Å². The summed E-state index contributed by atoms with van der Waals surface area (Å²) in [6.45, 7) is 4.28. The van der Waals surface area contributed by atoms with Crippen LogP contribution in [0.1, 0.15) is 28.4 Å². The number of benzene rings is 1. The van der Waals surface area contributed by atoms with Crippen molar-refractivity contribution in [2.75, 3.05) is 7.05 Å². The topological polar surface area (TPSA) is 24.9 Å². The van der Waals surface area contributed by atoms with Crippen molar-refractivity contribution in [1.29, 1.82) is 0 Å². The highest BCUT2D eigenvalue weighted by Crippen LogP contribution is 2.19. The minimum Gasteiger partial charge on any atom is -0.311 e. The number of hydrogen-bond donors (Lipinski definition) is 1. The van der Waals surface area contributed by atoms with E-state index >= 15 is 0 Å². The average Bonchev–Trinajstić information content (AvgIpc) is 2.36. The van der Waals surface area contributed by atoms with Gasteiger partial charge in [0.1, 0.15) is 0 Å². The number of likely N-dealkylation sites (N-methyl/N-ethyl adjacent to an activating group) is 1. The SMILES string of the molecule is CNC(Cc1cc(C)cc(C)c1)c1ccc(Br)cn1. The van der Waals surface area contributed by atoms with E-state index in [2.05, 4.69) is 64.3 Å². The molecule has 1 heterocycles. The molecule has 0 spiro atoms. The van der Waals surface area contributed by atoms with Gasteiger partial charge in [-0.25, -0.2) is 0 Å². The fourth-order valence-corrected chi connectivity index (χ4v) is 2.60. The van der Waals surface area contributed by atoms with Crippen LogP contribution in [0, 0.1) is 13.8 Å². The number of nitrogens with one attached hydrogen (secondary N) is 1. The molecule has 1 aromatic heterocycles. The third kappa shape index (κ3) is 3.88. The highest BCUT2D eigenvalue weighted by Gasteiger charge is 2.11. The van der Waals surface area contributed by atoms with Gasteiger partial charge < -0.3 is 5.32 Å². The molecule has 0 amide bonds. The molecule has 2 rings (SSSR count). The van der Waals surface area contributed by atoms with Crippen LogP contribution in [0.5, 0.6) is 0 Å². The molecule has 2 nitrogen and oxygen atoms in total. The van der Waals surface area contributed by atoms with Crippen LogP contribution >= 0.6 is 15.9 Å². The molecule has 19 heavy (non-hydrogen) atoms. The third-order valence-electron chi connectivity index (χ3n) is 3.18. The Hall–Kier alpha value is -1.19. The van der Waals surface area contributed by atoms with E-state index in [9.17, 15) is 0 Å². The Morgan fingerprint density at radius 2 is 1.84 bits per heavy atom. The van der Waals surface area contributed by atoms with Crippen LogP contribution in [0.3, 0.4) is 0 Å². The molecule has 0 saturated carbocycles. The van der Waals surface area contributed by atoms with E-state index in [-0.39, 0.29) is 6.04 Å². The summed E-state index contributed by atoms with van der Waals surface area (Å²) in [5.41, 5.74) is 5.05. The Kier molecular flexibility index (Phi) is 4.72. The standard InChI is InChI=1S/C16H19BrN2/c1-11-6-12(2)8-13(7-11)9-16(18-3)15-5-4-14(17)10-19-15/h4-8,10,16,18H,9H2,1-3H3. The number of aryl methyl sites for hydroxylation is 2. The highest BCUT2D eigenvalue weighted by atomic mass is 79.9. The van der Waals surface area contributed by atoms with Crippen molar-refractivity contribution >= 4 is 15.9 Å². The van der Waals surface area contributed by atoms with E-state index in [4.69, 9.17) is 0 Å². The van der Waals surface area contributed by atoms with E-state index in [0.29, 0.717) is 0 Å². The molecule has 1 atom stereocenters. The van der Waals surface area contributed by atoms with Crippen LogP contribution in [-0.2, 0) is 6.42 Å². The molecule has 0 saturated heterocycles. The average molecular weight is 319 g/mol. The molecule has 1 unspecified atom stereocenters. The van der Waals surface area contributed by atoms with Gasteiger partial charge in [-0.15, -0.1) is 0 Å². The van der Waals surface area contributed by atoms with Gasteiger partial charge in [-0.1, -0.05) is 29.3 Å². The number of halogens is 1. The Morgan fingerprint density at radius 1 is 1.16 bits per heavy atom. The lowest BCUT2D eigenvalue weighted by Crippen LogP contribution is -2.20. The lowest BCUT2D eigenvalue weighted by atomic mass is 9.99. The fraction of sp³-hybridized carbons (Fsp3) is 0.312. The van der Waals surface area contributed by atoms with E-state index in [1.54, 1.807) is 0 Å². The first-order valence-electron chi connectivity index (χ1n) is 6.44. The van der Waals surface area contributed by atoms with E-state index < -0.39 is 0 Å². The first-order chi connectivity index (χ1) is 9.08. The van der Waals surface area contributed by atoms with Gasteiger partial charge in [0.2, 0.25) is 0 Å². The minimum absolute atomic E-state index is 0.245. The second-order valence-corrected chi connectivity index (χ2v) is 5.86. The molecule has 0 bridgehead atoms. The second kappa shape index (κ2) is 6.31. The van der Waals surface area contributed by atoms with Gasteiger partial charge in [0, 0.05) is 10.7 Å². The molecule has 2 aromatic rings. The molecule has 0 radical (unpaired) electrons. The summed E-state index contributed by atoms with van der Waals surface area (Å²) in [4.78, 5) is 4.48. The van der Waals surface area contributed by atoms with Crippen molar-refractivity contribution < 1.29 is 0 Å². The Balaban J connectivity index is 2.21. The van der Waals surface area contributed by atoms with Gasteiger partial charge in [-0.2, -0.15) is 0 Å². The first-order valence-corrected chi connectivity index (χ1v) is 7.23. The molecule has 100 valence electrons. The van der Waals surface area contributed by atoms with Gasteiger partial charge in [0.15, 0.2) is 0 Å². The number of hydrogen-bond acceptors (Lipinski definition) is 2. The molecule has 1 aromatic carbocycles. The molecular formula is C16H19BrN2. The molecule has 0 fully saturated rings. The van der Waals surface area contributed by atoms with Crippen molar-refractivity contribution in [3.8, 4) is 0 Å². The summed E-state index contributed by atoms with van der Waals surface area (Å²) in [7, 11) is 1.98. The van der Waals surface area contributed by atoms with Crippen molar-refractivity contribution in [1.82, 2.24) is 10.3 Å². The summed E-state index contributed by atoms with van der Waals surface area (Å²) in [5.74, 6) is 0. The zero-order chi connectivity index (χ0) is 13.8. The van der Waals surface area contributed by atoms with Crippen LogP contribution in [-0.4, -0.2) is 12.0 Å². The van der Waals surface area contributed by atoms with Crippen molar-refractivity contribution in [2.45, 2.75) is 26.3 Å². The maximum atomic E-state index is 4.48. The zero-order valence-corrected chi connectivity index (χ0v) is 13.2. The van der Waals surface area contributed by atoms with E-state index in [1.165, 1.54) is 16.7 Å². The Bertz CT molecular complexity index is 529. The molecule has 0 aliphatic rings. The number of pyridine rings is 1. The van der Waals surface area contributed by atoms with E-state index in [1.807, 2.05) is 19.3 Å². The molecule has 1 N–H and O–H groups in total. The smallest absolute Gasteiger partial charge is 0.0577 e. The normalized spacial score (nSPS) is 12.4. The largest absolute Gasteiger partial charge is 0.311 e. The lowest BCUT2D eigenvalue weighted by Gasteiger charge is -2.16. The number of aromatic nitrogens is 1. The van der Waals surface area contributed by atoms with Crippen LogP contribution in [0.4, 0.5) is 0 Å². The number of rotatable bonds is 4. The van der Waals surface area contributed by atoms with Gasteiger partial charge in [-0.05, 0) is 60.9 Å². The molecule has 3 heteroatoms. The van der Waals surface area contributed by atoms with Gasteiger partial charge in [-0.3, -0.25) is 4.98 Å². The predicted molar refractivity (Wildman–Crippen MR) is 83.4 cm³/mol. The maximum absolute atomic E-state index is 4.48. The number of nitrogens with zero attached hydrogens (tertiary/aromatic N) is 1. The van der Waals surface area contributed by atoms with Gasteiger partial charge >= 0.3 is 0 Å². The molecule has 0 aliphatic heterocycles. The first kappa shape index (κ1) is 14.2. The Morgan fingerprint density at radius 3 is 2.37 bits per heavy atom. The van der Waals surface area contributed by atoms with Crippen molar-refractivity contribution in [3.05, 3.63) is 63.4 Å². The van der Waals surface area contributed by atoms with Gasteiger partial charge in [0.05, 0.1) is 11.7 Å². The third-order valence-corrected chi connectivity index (χ3v) is 3.65. The fourth-order valence-electron chi connectivity index (χ4n) is 2.37. The monoisotopic (exact) mass is 318 g/mol. The van der Waals surface area contributed by atoms with E-state index in [0.717, 1.165) is 16.6 Å². The molecule has 0 aliphatic carbocycles. The highest BCUT2D eigenvalue weighted by molar-refractivity contribution is 9.10. The predicted octanol–water partition coefficient (Wildman–Crippen LogP) is 3.96. The quantitative estimate of drug-likeness (QED) is 0.922. The summed E-state index contributed by atoms with van der Waals surface area (Å²) in [6, 6.07) is 11.0. The summed E-state index contributed by atoms with van der Waals surface area (Å²) < 4.78 is 1.01. The summed E-state index contributed by atoms with van der Waals surface area (Å²) >= 11 is 3.42. The summed E-state index contributed by atoms with van der Waals surface area (Å²) in [6.07, 6.45) is 2.80. The maximum Gasteiger partial charge on any atom is 0.0577 e. The van der Waals surface area contributed by atoms with Gasteiger partial charge in [0.25, 0.3) is 0 Å². The van der Waals surface area contributed by atoms with Crippen LogP contribution in [0.2, 0.25) is 0 Å². The van der Waals surface area contributed by atoms with Crippen molar-refractivity contribution in [2.24, 2.45) is 0 Å². The second-order valence-electron chi connectivity index (χ2n) is 4.94. The lowest BCUT2D eigenvalue weighted by molar-refractivity contribution is 0.575. The molecular weight excluding hydrogens is 300 g/mol. The summed E-state index contributed by atoms with van der Waals surface area (Å²) in [5, 5.41) is 3.35. The van der Waals surface area contributed by atoms with Crippen LogP contribution in [0.25, 0.3) is 0 Å². The van der Waals surface area contributed by atoms with Crippen LogP contribution < -0.4 is 5.32 Å². The van der Waals surface area contributed by atoms with Crippen molar-refractivity contribution in [3.63, 3.8) is 0 Å². The zero-order valence-electron chi connectivity index (χ0n) is 11.6. The van der Waals surface area contributed by atoms with Crippen LogP contribution in [0.15, 0.2) is 41.0 Å².